The van der Waals surface area contributed by atoms with Crippen LogP contribution < -0.4 is 14.4 Å². The highest BCUT2D eigenvalue weighted by atomic mass is 35.5. The number of rotatable bonds is 5. The van der Waals surface area contributed by atoms with Crippen LogP contribution in [0, 0.1) is 17.8 Å². The van der Waals surface area contributed by atoms with Crippen molar-refractivity contribution in [3.8, 4) is 5.75 Å². The Bertz CT molecular complexity index is 1680. The Morgan fingerprint density at radius 2 is 1.86 bits per heavy atom. The zero-order chi connectivity index (χ0) is 36.2. The summed E-state index contributed by atoms with van der Waals surface area (Å²) in [6, 6.07) is 10.9. The standard InChI is InChI=1S/C38H53ClN4O6S/c1-26-9-8-17-38(46,23-36(44)42(5)20-19-41(3)4)33-15-12-30(33)24-43-18-7-6-10-28-21-32(39)14-11-31(28)25-49-35-16-13-29(22-34(35)43)37(45)40-50(47,48)27(26)2/h8,11,13-14,16-17,21-22,26-27,30,33,46H,6-7,9-10,12,15,18-20,23-25H2,1-5H3,(H,40,45)/b17-8+/t26-,27+,30-,33+,38-/m0/s1. The lowest BCUT2D eigenvalue weighted by atomic mass is 9.63. The van der Waals surface area contributed by atoms with E-state index in [0.717, 1.165) is 43.2 Å². The molecule has 50 heavy (non-hydrogen) atoms. The molecule has 5 rings (SSSR count). The van der Waals surface area contributed by atoms with Crippen molar-refractivity contribution >= 4 is 39.1 Å². The van der Waals surface area contributed by atoms with Gasteiger partial charge in [-0.15, -0.1) is 0 Å². The molecule has 5 atom stereocenters. The van der Waals surface area contributed by atoms with Crippen LogP contribution in [0.5, 0.6) is 5.75 Å². The van der Waals surface area contributed by atoms with Gasteiger partial charge in [-0.05, 0) is 119 Å². The van der Waals surface area contributed by atoms with Gasteiger partial charge < -0.3 is 24.5 Å². The number of likely N-dealkylation sites (N-methyl/N-ethyl adjacent to an activating group) is 2. The Kier molecular flexibility index (Phi) is 12.2. The van der Waals surface area contributed by atoms with Gasteiger partial charge in [0.2, 0.25) is 15.9 Å². The summed E-state index contributed by atoms with van der Waals surface area (Å²) in [6.45, 7) is 6.20. The molecule has 3 aliphatic rings. The van der Waals surface area contributed by atoms with Crippen molar-refractivity contribution < 1.29 is 27.9 Å². The van der Waals surface area contributed by atoms with Gasteiger partial charge in [0.25, 0.3) is 5.91 Å². The molecule has 1 aliphatic carbocycles. The van der Waals surface area contributed by atoms with Crippen molar-refractivity contribution in [2.45, 2.75) is 76.3 Å². The second-order valence-electron chi connectivity index (χ2n) is 14.8. The lowest BCUT2D eigenvalue weighted by Gasteiger charge is -2.48. The quantitative estimate of drug-likeness (QED) is 0.400. The first-order valence-electron chi connectivity index (χ1n) is 17.8. The Morgan fingerprint density at radius 3 is 2.58 bits per heavy atom. The van der Waals surface area contributed by atoms with Crippen LogP contribution in [0.3, 0.4) is 0 Å². The van der Waals surface area contributed by atoms with Crippen LogP contribution in [0.4, 0.5) is 5.69 Å². The number of carbonyl (C=O) groups excluding carboxylic acids is 2. The van der Waals surface area contributed by atoms with Crippen LogP contribution in [0.15, 0.2) is 48.6 Å². The molecule has 10 nitrogen and oxygen atoms in total. The fourth-order valence-corrected chi connectivity index (χ4v) is 8.72. The van der Waals surface area contributed by atoms with E-state index in [1.54, 1.807) is 43.1 Å². The third kappa shape index (κ3) is 9.02. The fourth-order valence-electron chi connectivity index (χ4n) is 7.24. The summed E-state index contributed by atoms with van der Waals surface area (Å²) in [5.41, 5.74) is 1.69. The first kappa shape index (κ1) is 38.1. The van der Waals surface area contributed by atoms with Crippen molar-refractivity contribution in [2.75, 3.05) is 52.2 Å². The number of halogens is 1. The van der Waals surface area contributed by atoms with Crippen LogP contribution >= 0.6 is 11.6 Å². The molecule has 2 aliphatic heterocycles. The normalized spacial score (nSPS) is 27.8. The van der Waals surface area contributed by atoms with Crippen LogP contribution in [0.2, 0.25) is 5.02 Å². The summed E-state index contributed by atoms with van der Waals surface area (Å²) >= 11 is 6.35. The van der Waals surface area contributed by atoms with Gasteiger partial charge in [0, 0.05) is 43.8 Å². The number of aryl methyl sites for hydroxylation is 1. The molecule has 2 amide bonds. The highest BCUT2D eigenvalue weighted by Crippen LogP contribution is 2.46. The minimum atomic E-state index is -4.03. The maximum atomic E-state index is 13.5. The van der Waals surface area contributed by atoms with Crippen molar-refractivity contribution in [3.05, 3.63) is 70.3 Å². The Morgan fingerprint density at radius 1 is 1.08 bits per heavy atom. The van der Waals surface area contributed by atoms with Gasteiger partial charge in [0.05, 0.1) is 23.0 Å². The van der Waals surface area contributed by atoms with E-state index >= 15 is 0 Å². The largest absolute Gasteiger partial charge is 0.487 e. The molecule has 0 saturated heterocycles. The molecule has 2 N–H and O–H groups in total. The first-order chi connectivity index (χ1) is 23.7. The molecule has 0 spiro atoms. The molecule has 2 heterocycles. The Balaban J connectivity index is 1.54. The number of sulfonamides is 1. The van der Waals surface area contributed by atoms with E-state index in [1.165, 1.54) is 0 Å². The number of nitrogens with one attached hydrogen (secondary N) is 1. The molecule has 0 unspecified atom stereocenters. The van der Waals surface area contributed by atoms with Crippen molar-refractivity contribution in [2.24, 2.45) is 17.8 Å². The molecule has 0 aromatic heterocycles. The van der Waals surface area contributed by atoms with Gasteiger partial charge in [-0.1, -0.05) is 36.7 Å². The number of hydrogen-bond donors (Lipinski definition) is 2. The fraction of sp³-hybridized carbons (Fsp3) is 0.579. The number of amides is 2. The second-order valence-corrected chi connectivity index (χ2v) is 17.3. The predicted molar refractivity (Wildman–Crippen MR) is 198 cm³/mol. The van der Waals surface area contributed by atoms with Crippen molar-refractivity contribution in [1.82, 2.24) is 14.5 Å². The van der Waals surface area contributed by atoms with Gasteiger partial charge >= 0.3 is 0 Å². The lowest BCUT2D eigenvalue weighted by molar-refractivity contribution is -0.138. The third-order valence-electron chi connectivity index (χ3n) is 10.9. The number of benzene rings is 2. The lowest BCUT2D eigenvalue weighted by Crippen LogP contribution is -2.52. The summed E-state index contributed by atoms with van der Waals surface area (Å²) in [7, 11) is 1.65. The number of anilines is 1. The SMILES string of the molecule is C[C@@H]1[C@@H](C)C/C=C/[C@](O)(CC(=O)N(C)CCN(C)C)[C@@H]2CC[C@H]2CN2CCCCc3cc(Cl)ccc3COc3ccc(cc32)C(=O)NS1(=O)=O. The molecular formula is C38H53ClN4O6S. The number of fused-ring (bicyclic) bond motifs is 3. The topological polar surface area (TPSA) is 119 Å². The summed E-state index contributed by atoms with van der Waals surface area (Å²) < 4.78 is 35.6. The minimum absolute atomic E-state index is 0.0580. The van der Waals surface area contributed by atoms with E-state index in [4.69, 9.17) is 16.3 Å². The average molecular weight is 729 g/mol. The monoisotopic (exact) mass is 728 g/mol. The molecule has 2 aromatic carbocycles. The summed E-state index contributed by atoms with van der Waals surface area (Å²) in [4.78, 5) is 32.9. The van der Waals surface area contributed by atoms with E-state index in [0.29, 0.717) is 55.7 Å². The van der Waals surface area contributed by atoms with Gasteiger partial charge in [-0.2, -0.15) is 0 Å². The van der Waals surface area contributed by atoms with Crippen molar-refractivity contribution in [3.63, 3.8) is 0 Å². The Hall–Kier alpha value is -3.12. The second kappa shape index (κ2) is 16.0. The highest BCUT2D eigenvalue weighted by Gasteiger charge is 2.47. The van der Waals surface area contributed by atoms with Gasteiger partial charge in [-0.3, -0.25) is 9.59 Å². The zero-order valence-electron chi connectivity index (χ0n) is 30.0. The minimum Gasteiger partial charge on any atom is -0.487 e. The van der Waals surface area contributed by atoms with Gasteiger partial charge in [0.1, 0.15) is 12.4 Å². The zero-order valence-corrected chi connectivity index (χ0v) is 31.6. The number of aliphatic hydroxyl groups is 1. The van der Waals surface area contributed by atoms with E-state index in [9.17, 15) is 23.1 Å². The number of ether oxygens (including phenoxy) is 1. The summed E-state index contributed by atoms with van der Waals surface area (Å²) in [5.74, 6) is -0.714. The van der Waals surface area contributed by atoms with Crippen LogP contribution in [0.25, 0.3) is 0 Å². The van der Waals surface area contributed by atoms with Crippen molar-refractivity contribution in [1.29, 1.82) is 0 Å². The number of nitrogens with zero attached hydrogens (tertiary/aromatic N) is 3. The Labute approximate surface area is 302 Å². The maximum Gasteiger partial charge on any atom is 0.264 e. The molecular weight excluding hydrogens is 676 g/mol. The molecule has 1 fully saturated rings. The van der Waals surface area contributed by atoms with E-state index < -0.39 is 26.8 Å². The number of allylic oxidation sites excluding steroid dienone is 1. The summed E-state index contributed by atoms with van der Waals surface area (Å²) in [5, 5.41) is 12.2. The smallest absolute Gasteiger partial charge is 0.264 e. The highest BCUT2D eigenvalue weighted by molar-refractivity contribution is 7.90. The summed E-state index contributed by atoms with van der Waals surface area (Å²) in [6.07, 6.45) is 8.10. The molecule has 0 radical (unpaired) electrons. The van der Waals surface area contributed by atoms with Gasteiger partial charge in [-0.25, -0.2) is 13.1 Å². The van der Waals surface area contributed by atoms with Crippen LogP contribution in [-0.4, -0.2) is 93.3 Å². The van der Waals surface area contributed by atoms with Crippen LogP contribution in [-0.2, 0) is 27.8 Å². The molecule has 2 bridgehead atoms. The number of carbonyl (C=O) groups is 2. The average Bonchev–Trinajstić information content (AvgIpc) is 3.07. The molecule has 274 valence electrons. The van der Waals surface area contributed by atoms with Gasteiger partial charge in [0.15, 0.2) is 0 Å². The predicted octanol–water partition coefficient (Wildman–Crippen LogP) is 5.27. The third-order valence-corrected chi connectivity index (χ3v) is 13.1. The first-order valence-corrected chi connectivity index (χ1v) is 19.7. The van der Waals surface area contributed by atoms with E-state index in [2.05, 4.69) is 9.62 Å². The number of hydrogen-bond acceptors (Lipinski definition) is 8. The molecule has 12 heteroatoms. The van der Waals surface area contributed by atoms with E-state index in [-0.39, 0.29) is 35.6 Å². The van der Waals surface area contributed by atoms with Crippen LogP contribution in [0.1, 0.15) is 73.9 Å². The molecule has 1 saturated carbocycles. The molecule has 2 aromatic rings. The maximum absolute atomic E-state index is 13.5. The van der Waals surface area contributed by atoms with E-state index in [1.807, 2.05) is 50.2 Å².